The van der Waals surface area contributed by atoms with E-state index >= 15 is 0 Å². The molecular weight excluding hydrogens is 342 g/mol. The topological polar surface area (TPSA) is 38.7 Å². The van der Waals surface area contributed by atoms with Crippen molar-refractivity contribution in [2.24, 2.45) is 0 Å². The summed E-state index contributed by atoms with van der Waals surface area (Å²) in [4.78, 5) is 14.1. The Morgan fingerprint density at radius 1 is 0.643 bits per heavy atom. The average Bonchev–Trinajstić information content (AvgIpc) is 2.78. The highest BCUT2D eigenvalue weighted by molar-refractivity contribution is 5.95. The molecule has 0 radical (unpaired) electrons. The number of hydrogen-bond donors (Lipinski definition) is 0. The van der Waals surface area contributed by atoms with Gasteiger partial charge in [0.2, 0.25) is 0 Å². The fourth-order valence-electron chi connectivity index (χ4n) is 3.51. The highest BCUT2D eigenvalue weighted by Crippen LogP contribution is 2.31. The molecule has 3 nitrogen and oxygen atoms in total. The molecule has 5 rings (SSSR count). The van der Waals surface area contributed by atoms with Crippen molar-refractivity contribution in [3.05, 3.63) is 90.8 Å². The first kappa shape index (κ1) is 16.2. The van der Waals surface area contributed by atoms with Crippen molar-refractivity contribution in [2.45, 2.75) is 0 Å². The van der Waals surface area contributed by atoms with Gasteiger partial charge in [-0.25, -0.2) is 4.98 Å². The lowest BCUT2D eigenvalue weighted by Gasteiger charge is -2.10. The second kappa shape index (κ2) is 6.61. The molecule has 0 N–H and O–H groups in total. The van der Waals surface area contributed by atoms with Gasteiger partial charge in [-0.05, 0) is 24.3 Å². The molecule has 0 unspecified atom stereocenters. The number of rotatable bonds is 2. The molecule has 130 valence electrons. The van der Waals surface area contributed by atoms with Crippen LogP contribution < -0.4 is 0 Å². The van der Waals surface area contributed by atoms with Crippen molar-refractivity contribution in [3.8, 4) is 34.9 Å². The molecule has 0 spiro atoms. The Bertz CT molecular complexity index is 1270. The maximum absolute atomic E-state index is 5.76. The van der Waals surface area contributed by atoms with Gasteiger partial charge >= 0.3 is 0 Å². The van der Waals surface area contributed by atoms with Crippen LogP contribution in [0.2, 0.25) is 0 Å². The van der Waals surface area contributed by atoms with E-state index in [1.165, 1.54) is 0 Å². The zero-order valence-electron chi connectivity index (χ0n) is 15.0. The maximum Gasteiger partial charge on any atom is 0.0795 e. The van der Waals surface area contributed by atoms with Crippen LogP contribution in [0.25, 0.3) is 44.3 Å². The van der Waals surface area contributed by atoms with Crippen molar-refractivity contribution < 1.29 is 0 Å². The molecule has 0 aliphatic rings. The van der Waals surface area contributed by atoms with Crippen LogP contribution in [0.15, 0.2) is 85.2 Å². The normalized spacial score (nSPS) is 10.8. The number of fused-ring (bicyclic) bond motifs is 2. The maximum atomic E-state index is 5.76. The number of terminal acetylenes is 1. The van der Waals surface area contributed by atoms with Gasteiger partial charge in [0.1, 0.15) is 0 Å². The summed E-state index contributed by atoms with van der Waals surface area (Å²) in [6, 6.07) is 24.0. The first-order valence-electron chi connectivity index (χ1n) is 9.00. The summed E-state index contributed by atoms with van der Waals surface area (Å²) in [7, 11) is 0. The zero-order valence-corrected chi connectivity index (χ0v) is 15.0. The predicted octanol–water partition coefficient (Wildman–Crippen LogP) is 5.49. The van der Waals surface area contributed by atoms with Crippen LogP contribution >= 0.6 is 0 Å². The van der Waals surface area contributed by atoms with Crippen molar-refractivity contribution in [1.29, 1.82) is 0 Å². The van der Waals surface area contributed by atoms with Crippen LogP contribution in [0.3, 0.4) is 0 Å². The SMILES string of the molecule is C#Cc1cc(-c2cccc3cccnc23)nc(-c2cccc3cccnc23)c1. The first-order chi connectivity index (χ1) is 13.8. The quantitative estimate of drug-likeness (QED) is 0.392. The molecule has 5 aromatic rings. The zero-order chi connectivity index (χ0) is 18.9. The summed E-state index contributed by atoms with van der Waals surface area (Å²) < 4.78 is 0. The summed E-state index contributed by atoms with van der Waals surface area (Å²) in [5.74, 6) is 2.76. The molecule has 0 bridgehead atoms. The molecule has 3 heterocycles. The first-order valence-corrected chi connectivity index (χ1v) is 9.00. The summed E-state index contributed by atoms with van der Waals surface area (Å²) >= 11 is 0. The summed E-state index contributed by atoms with van der Waals surface area (Å²) in [6.07, 6.45) is 9.36. The third-order valence-corrected chi connectivity index (χ3v) is 4.81. The Morgan fingerprint density at radius 2 is 1.14 bits per heavy atom. The number of benzene rings is 2. The van der Waals surface area contributed by atoms with E-state index in [1.807, 2.05) is 72.8 Å². The van der Waals surface area contributed by atoms with E-state index in [1.54, 1.807) is 12.4 Å². The fraction of sp³-hybridized carbons (Fsp3) is 0. The lowest BCUT2D eigenvalue weighted by atomic mass is 10.0. The number of nitrogens with zero attached hydrogens (tertiary/aromatic N) is 3. The van der Waals surface area contributed by atoms with Crippen LogP contribution in [0, 0.1) is 12.3 Å². The van der Waals surface area contributed by atoms with Gasteiger partial charge in [-0.2, -0.15) is 0 Å². The highest BCUT2D eigenvalue weighted by atomic mass is 14.7. The molecular formula is C25H15N3. The van der Waals surface area contributed by atoms with Gasteiger partial charge < -0.3 is 0 Å². The molecule has 0 atom stereocenters. The lowest BCUT2D eigenvalue weighted by molar-refractivity contribution is 1.30. The Labute approximate surface area is 162 Å². The minimum absolute atomic E-state index is 0.779. The molecule has 0 amide bonds. The van der Waals surface area contributed by atoms with E-state index in [2.05, 4.69) is 15.9 Å². The van der Waals surface area contributed by atoms with Gasteiger partial charge in [0.15, 0.2) is 0 Å². The minimum atomic E-state index is 0.779. The van der Waals surface area contributed by atoms with E-state index in [0.29, 0.717) is 0 Å². The smallest absolute Gasteiger partial charge is 0.0795 e. The second-order valence-electron chi connectivity index (χ2n) is 6.53. The largest absolute Gasteiger partial charge is 0.256 e. The van der Waals surface area contributed by atoms with E-state index in [4.69, 9.17) is 11.4 Å². The molecule has 3 heteroatoms. The number of hydrogen-bond acceptors (Lipinski definition) is 3. The van der Waals surface area contributed by atoms with Crippen molar-refractivity contribution in [1.82, 2.24) is 15.0 Å². The average molecular weight is 357 g/mol. The van der Waals surface area contributed by atoms with Gasteiger partial charge in [0, 0.05) is 39.9 Å². The van der Waals surface area contributed by atoms with E-state index in [0.717, 1.165) is 49.9 Å². The van der Waals surface area contributed by atoms with Gasteiger partial charge in [0.25, 0.3) is 0 Å². The van der Waals surface area contributed by atoms with Crippen LogP contribution in [0.4, 0.5) is 0 Å². The number of para-hydroxylation sites is 2. The van der Waals surface area contributed by atoms with Gasteiger partial charge in [0.05, 0.1) is 22.4 Å². The van der Waals surface area contributed by atoms with Gasteiger partial charge in [-0.1, -0.05) is 54.5 Å². The molecule has 0 saturated carbocycles. The molecule has 0 fully saturated rings. The van der Waals surface area contributed by atoms with Gasteiger partial charge in [-0.15, -0.1) is 6.42 Å². The lowest BCUT2D eigenvalue weighted by Crippen LogP contribution is -1.94. The van der Waals surface area contributed by atoms with Crippen LogP contribution in [0.1, 0.15) is 5.56 Å². The second-order valence-corrected chi connectivity index (χ2v) is 6.53. The summed E-state index contributed by atoms with van der Waals surface area (Å²) in [6.45, 7) is 0. The number of aromatic nitrogens is 3. The van der Waals surface area contributed by atoms with Crippen LogP contribution in [0.5, 0.6) is 0 Å². The van der Waals surface area contributed by atoms with Crippen LogP contribution in [-0.2, 0) is 0 Å². The standard InChI is InChI=1S/C25H15N3/c1-2-17-15-22(20-11-3-7-18-9-5-13-26-24(18)20)28-23(16-17)21-12-4-8-19-10-6-14-27-25(19)21/h1,3-16H. The molecule has 2 aromatic carbocycles. The molecule has 0 aliphatic carbocycles. The van der Waals surface area contributed by atoms with E-state index in [-0.39, 0.29) is 0 Å². The monoisotopic (exact) mass is 357 g/mol. The Balaban J connectivity index is 1.79. The fourth-order valence-corrected chi connectivity index (χ4v) is 3.51. The molecule has 3 aromatic heterocycles. The van der Waals surface area contributed by atoms with Crippen molar-refractivity contribution in [3.63, 3.8) is 0 Å². The van der Waals surface area contributed by atoms with E-state index < -0.39 is 0 Å². The number of pyridine rings is 3. The van der Waals surface area contributed by atoms with E-state index in [9.17, 15) is 0 Å². The van der Waals surface area contributed by atoms with Crippen molar-refractivity contribution >= 4 is 21.8 Å². The van der Waals surface area contributed by atoms with Crippen molar-refractivity contribution in [2.75, 3.05) is 0 Å². The Hall–Kier alpha value is -4.03. The molecule has 0 saturated heterocycles. The van der Waals surface area contributed by atoms with Gasteiger partial charge in [-0.3, -0.25) is 9.97 Å². The third kappa shape index (κ3) is 2.69. The highest BCUT2D eigenvalue weighted by Gasteiger charge is 2.12. The van der Waals surface area contributed by atoms with Crippen LogP contribution in [-0.4, -0.2) is 15.0 Å². The molecule has 28 heavy (non-hydrogen) atoms. The predicted molar refractivity (Wildman–Crippen MR) is 114 cm³/mol. The third-order valence-electron chi connectivity index (χ3n) is 4.81. The summed E-state index contributed by atoms with van der Waals surface area (Å²) in [5.41, 5.74) is 6.14. The Kier molecular flexibility index (Phi) is 3.81. The Morgan fingerprint density at radius 3 is 1.64 bits per heavy atom. The molecule has 0 aliphatic heterocycles. The minimum Gasteiger partial charge on any atom is -0.256 e. The summed E-state index contributed by atoms with van der Waals surface area (Å²) in [5, 5.41) is 2.14.